The van der Waals surface area contributed by atoms with E-state index < -0.39 is 47.2 Å². The number of ketones is 1. The molecule has 0 bridgehead atoms. The van der Waals surface area contributed by atoms with Crippen LogP contribution in [0.2, 0.25) is 5.02 Å². The van der Waals surface area contributed by atoms with Crippen LogP contribution in [-0.4, -0.2) is 77.1 Å². The maximum Gasteiger partial charge on any atom is 0.319 e. The quantitative estimate of drug-likeness (QED) is 0.277. The van der Waals surface area contributed by atoms with Crippen molar-refractivity contribution in [2.45, 2.75) is 71.1 Å². The van der Waals surface area contributed by atoms with Crippen LogP contribution in [0.5, 0.6) is 0 Å². The third-order valence-electron chi connectivity index (χ3n) is 8.49. The fourth-order valence-corrected chi connectivity index (χ4v) is 5.79. The number of carbonyl (C=O) groups excluding carboxylic acids is 5. The normalized spacial score (nSPS) is 18.7. The maximum absolute atomic E-state index is 14.0. The molecule has 1 aliphatic carbocycles. The van der Waals surface area contributed by atoms with Gasteiger partial charge in [0, 0.05) is 36.9 Å². The number of anilines is 1. The Morgan fingerprint density at radius 2 is 1.62 bits per heavy atom. The number of primary amides is 1. The Morgan fingerprint density at radius 1 is 0.956 bits per heavy atom. The monoisotopic (exact) mass is 638 g/mol. The van der Waals surface area contributed by atoms with E-state index in [0.29, 0.717) is 36.8 Å². The molecule has 45 heavy (non-hydrogen) atoms. The summed E-state index contributed by atoms with van der Waals surface area (Å²) < 4.78 is 0. The highest BCUT2D eigenvalue weighted by atomic mass is 35.5. The molecule has 242 valence electrons. The largest absolute Gasteiger partial charge is 0.363 e. The third kappa shape index (κ3) is 9.27. The number of piperazine rings is 1. The highest BCUT2D eigenvalue weighted by molar-refractivity contribution is 6.37. The lowest BCUT2D eigenvalue weighted by atomic mass is 9.80. The first-order valence-corrected chi connectivity index (χ1v) is 15.7. The number of benzene rings is 2. The van der Waals surface area contributed by atoms with E-state index in [2.05, 4.69) is 16.0 Å². The topological polar surface area (TPSA) is 154 Å². The number of nitrogens with two attached hydrogens (primary N) is 1. The Morgan fingerprint density at radius 3 is 2.20 bits per heavy atom. The number of nitrogens with one attached hydrogen (secondary N) is 3. The molecule has 1 aliphatic heterocycles. The number of carbonyl (C=O) groups is 5. The zero-order valence-corrected chi connectivity index (χ0v) is 26.8. The van der Waals surface area contributed by atoms with E-state index in [1.165, 1.54) is 0 Å². The van der Waals surface area contributed by atoms with Crippen LogP contribution in [0.25, 0.3) is 0 Å². The summed E-state index contributed by atoms with van der Waals surface area (Å²) in [6.07, 6.45) is 3.22. The maximum atomic E-state index is 14.0. The van der Waals surface area contributed by atoms with Crippen molar-refractivity contribution in [3.05, 3.63) is 65.2 Å². The smallest absolute Gasteiger partial charge is 0.319 e. The highest BCUT2D eigenvalue weighted by Crippen LogP contribution is 2.31. The minimum absolute atomic E-state index is 0.0216. The molecular formula is C33H43ClN6O5. The van der Waals surface area contributed by atoms with E-state index in [1.807, 2.05) is 43.9 Å². The van der Waals surface area contributed by atoms with E-state index in [-0.39, 0.29) is 18.4 Å². The Hall–Kier alpha value is -3.96. The molecule has 0 aromatic heterocycles. The molecule has 11 nitrogen and oxygen atoms in total. The van der Waals surface area contributed by atoms with Crippen molar-refractivity contribution in [2.75, 3.05) is 25.0 Å². The summed E-state index contributed by atoms with van der Waals surface area (Å²) in [5.41, 5.74) is 6.20. The summed E-state index contributed by atoms with van der Waals surface area (Å²) in [7, 11) is 0. The Balaban J connectivity index is 1.54. The summed E-state index contributed by atoms with van der Waals surface area (Å²) in [6, 6.07) is 12.9. The van der Waals surface area contributed by atoms with Gasteiger partial charge >= 0.3 is 6.03 Å². The van der Waals surface area contributed by atoms with Gasteiger partial charge in [0.25, 0.3) is 5.91 Å². The number of hydrogen-bond donors (Lipinski definition) is 4. The highest BCUT2D eigenvalue weighted by Gasteiger charge is 2.41. The van der Waals surface area contributed by atoms with E-state index >= 15 is 0 Å². The fourth-order valence-electron chi connectivity index (χ4n) is 5.67. The van der Waals surface area contributed by atoms with Crippen molar-refractivity contribution < 1.29 is 24.0 Å². The van der Waals surface area contributed by atoms with Crippen LogP contribution >= 0.6 is 11.6 Å². The van der Waals surface area contributed by atoms with Gasteiger partial charge in [0.1, 0.15) is 12.1 Å². The SMILES string of the molecule is CC(C)(C)[C@H](NC(=O)Nc1ccccc1)C(=O)N1CCN(Cc2ccc(Cl)cc2)[C@@H](C(=O)NC(CC2CCC2)C(=O)C(N)=O)C1. The predicted molar refractivity (Wildman–Crippen MR) is 172 cm³/mol. The van der Waals surface area contributed by atoms with Gasteiger partial charge < -0.3 is 26.6 Å². The van der Waals surface area contributed by atoms with Crippen molar-refractivity contribution in [3.63, 3.8) is 0 Å². The van der Waals surface area contributed by atoms with Crippen LogP contribution in [0, 0.1) is 11.3 Å². The van der Waals surface area contributed by atoms with E-state index in [1.54, 1.807) is 41.3 Å². The lowest BCUT2D eigenvalue weighted by molar-refractivity contribution is -0.143. The van der Waals surface area contributed by atoms with Crippen LogP contribution in [0.3, 0.4) is 0 Å². The summed E-state index contributed by atoms with van der Waals surface area (Å²) in [6.45, 7) is 6.68. The van der Waals surface area contributed by atoms with E-state index in [0.717, 1.165) is 24.8 Å². The predicted octanol–water partition coefficient (Wildman–Crippen LogP) is 3.32. The first-order chi connectivity index (χ1) is 21.3. The van der Waals surface area contributed by atoms with Crippen molar-refractivity contribution in [1.82, 2.24) is 20.4 Å². The second kappa shape index (κ2) is 14.9. The molecule has 0 radical (unpaired) electrons. The van der Waals surface area contributed by atoms with E-state index in [4.69, 9.17) is 17.3 Å². The molecule has 1 heterocycles. The molecule has 5 amide bonds. The second-order valence-corrected chi connectivity index (χ2v) is 13.4. The molecule has 12 heteroatoms. The molecule has 4 rings (SSSR count). The van der Waals surface area contributed by atoms with Crippen LogP contribution in [0.1, 0.15) is 52.0 Å². The lowest BCUT2D eigenvalue weighted by Crippen LogP contribution is -2.64. The van der Waals surface area contributed by atoms with Crippen molar-refractivity contribution in [1.29, 1.82) is 0 Å². The third-order valence-corrected chi connectivity index (χ3v) is 8.75. The molecule has 1 saturated heterocycles. The number of Topliss-reactive ketones (excluding diaryl/α,β-unsaturated/α-hetero) is 1. The molecule has 5 N–H and O–H groups in total. The van der Waals surface area contributed by atoms with Gasteiger partial charge in [-0.15, -0.1) is 0 Å². The molecule has 2 aromatic carbocycles. The zero-order chi connectivity index (χ0) is 32.7. The van der Waals surface area contributed by atoms with Crippen LogP contribution in [-0.2, 0) is 25.7 Å². The minimum Gasteiger partial charge on any atom is -0.363 e. The Kier molecular flexibility index (Phi) is 11.2. The number of amides is 5. The van der Waals surface area contributed by atoms with Gasteiger partial charge in [0.05, 0.1) is 6.04 Å². The number of nitrogens with zero attached hydrogens (tertiary/aromatic N) is 2. The van der Waals surface area contributed by atoms with Gasteiger partial charge in [-0.05, 0) is 47.6 Å². The van der Waals surface area contributed by atoms with Gasteiger partial charge in [-0.25, -0.2) is 4.79 Å². The van der Waals surface area contributed by atoms with Crippen LogP contribution in [0.4, 0.5) is 10.5 Å². The van der Waals surface area contributed by atoms with Gasteiger partial charge in [0.2, 0.25) is 17.6 Å². The first-order valence-electron chi connectivity index (χ1n) is 15.4. The summed E-state index contributed by atoms with van der Waals surface area (Å²) in [4.78, 5) is 68.9. The average Bonchev–Trinajstić information content (AvgIpc) is 2.97. The number of para-hydroxylation sites is 1. The first kappa shape index (κ1) is 33.9. The van der Waals surface area contributed by atoms with Gasteiger partial charge in [-0.2, -0.15) is 0 Å². The van der Waals surface area contributed by atoms with Gasteiger partial charge in [-0.3, -0.25) is 24.1 Å². The summed E-state index contributed by atoms with van der Waals surface area (Å²) >= 11 is 6.08. The van der Waals surface area contributed by atoms with Crippen LogP contribution < -0.4 is 21.7 Å². The van der Waals surface area contributed by atoms with Crippen LogP contribution in [0.15, 0.2) is 54.6 Å². The van der Waals surface area contributed by atoms with Gasteiger partial charge in [0.15, 0.2) is 0 Å². The molecule has 2 aliphatic rings. The zero-order valence-electron chi connectivity index (χ0n) is 26.1. The Bertz CT molecular complexity index is 1380. The Labute approximate surface area is 269 Å². The molecule has 2 fully saturated rings. The van der Waals surface area contributed by atoms with Crippen molar-refractivity contribution in [2.24, 2.45) is 17.1 Å². The standard InChI is InChI=1S/C33H43ClN6O5/c1-33(2,3)28(38-32(45)36-24-10-5-4-6-11-24)31(44)40-17-16-39(19-22-12-14-23(34)15-13-22)26(20-40)30(43)37-25(27(41)29(35)42)18-21-8-7-9-21/h4-6,10-15,21,25-26,28H,7-9,16-20H2,1-3H3,(H2,35,42)(H,37,43)(H2,36,38,45)/t25?,26-,28-/m1/s1. The number of hydrogen-bond acceptors (Lipinski definition) is 6. The van der Waals surface area contributed by atoms with Crippen molar-refractivity contribution >= 4 is 46.8 Å². The molecule has 1 unspecified atom stereocenters. The fraction of sp³-hybridized carbons (Fsp3) is 0.485. The second-order valence-electron chi connectivity index (χ2n) is 13.0. The molecule has 3 atom stereocenters. The van der Waals surface area contributed by atoms with E-state index in [9.17, 15) is 24.0 Å². The summed E-state index contributed by atoms with van der Waals surface area (Å²) in [5, 5.41) is 8.98. The average molecular weight is 639 g/mol. The molecule has 1 saturated carbocycles. The summed E-state index contributed by atoms with van der Waals surface area (Å²) in [5.74, 6) is -2.49. The number of urea groups is 1. The minimum atomic E-state index is -1.09. The van der Waals surface area contributed by atoms with Gasteiger partial charge in [-0.1, -0.05) is 82.0 Å². The number of halogens is 1. The molecule has 0 spiro atoms. The lowest BCUT2D eigenvalue weighted by Gasteiger charge is -2.43. The molecule has 2 aromatic rings. The number of rotatable bonds is 11. The van der Waals surface area contributed by atoms with Crippen molar-refractivity contribution in [3.8, 4) is 0 Å². The molecular weight excluding hydrogens is 596 g/mol.